The minimum absolute atomic E-state index is 0.272. The molecule has 172 valence electrons. The molecular weight excluding hydrogens is 424 g/mol. The lowest BCUT2D eigenvalue weighted by molar-refractivity contribution is -0.137. The molecule has 0 unspecified atom stereocenters. The molecule has 0 aliphatic carbocycles. The van der Waals surface area contributed by atoms with E-state index in [-0.39, 0.29) is 6.42 Å². The fraction of sp³-hybridized carbons (Fsp3) is 0.654. The van der Waals surface area contributed by atoms with Crippen LogP contribution >= 0.6 is 23.5 Å². The number of carbonyl (C=O) groups is 1. The summed E-state index contributed by atoms with van der Waals surface area (Å²) in [6.45, 7) is 0. The van der Waals surface area contributed by atoms with Crippen molar-refractivity contribution in [3.63, 3.8) is 0 Å². The lowest BCUT2D eigenvalue weighted by Gasteiger charge is -2.27. The Morgan fingerprint density at radius 2 is 1.74 bits per heavy atom. The largest absolute Gasteiger partial charge is 0.481 e. The van der Waals surface area contributed by atoms with Gasteiger partial charge in [-0.15, -0.1) is 11.8 Å². The molecule has 2 heterocycles. The summed E-state index contributed by atoms with van der Waals surface area (Å²) < 4.78 is 6.25. The van der Waals surface area contributed by atoms with Crippen LogP contribution in [0.2, 0.25) is 0 Å². The fourth-order valence-corrected chi connectivity index (χ4v) is 6.91. The first kappa shape index (κ1) is 24.7. The molecule has 2 aliphatic rings. The molecule has 0 aromatic heterocycles. The zero-order chi connectivity index (χ0) is 21.7. The van der Waals surface area contributed by atoms with Crippen LogP contribution in [0.1, 0.15) is 64.2 Å². The van der Waals surface area contributed by atoms with E-state index in [9.17, 15) is 4.79 Å². The van der Waals surface area contributed by atoms with Crippen molar-refractivity contribution in [2.75, 3.05) is 17.3 Å². The van der Waals surface area contributed by atoms with Crippen molar-refractivity contribution in [3.05, 3.63) is 42.5 Å². The molecular formula is C26H38O3S2. The van der Waals surface area contributed by atoms with E-state index in [0.717, 1.165) is 25.2 Å². The molecule has 0 amide bonds. The molecule has 0 spiro atoms. The van der Waals surface area contributed by atoms with Crippen LogP contribution in [-0.4, -0.2) is 40.5 Å². The molecule has 3 nitrogen and oxygen atoms in total. The number of hydrogen-bond acceptors (Lipinski definition) is 4. The van der Waals surface area contributed by atoms with Crippen LogP contribution in [0.3, 0.4) is 0 Å². The predicted molar refractivity (Wildman–Crippen MR) is 133 cm³/mol. The van der Waals surface area contributed by atoms with Gasteiger partial charge in [0.2, 0.25) is 0 Å². The van der Waals surface area contributed by atoms with Crippen LogP contribution in [0.15, 0.2) is 47.4 Å². The Balaban J connectivity index is 1.22. The van der Waals surface area contributed by atoms with Crippen LogP contribution < -0.4 is 0 Å². The number of rotatable bonds is 16. The van der Waals surface area contributed by atoms with Gasteiger partial charge in [-0.3, -0.25) is 4.79 Å². The Morgan fingerprint density at radius 1 is 0.968 bits per heavy atom. The number of thioether (sulfide) groups is 2. The maximum atomic E-state index is 10.6. The van der Waals surface area contributed by atoms with E-state index in [1.165, 1.54) is 60.7 Å². The minimum Gasteiger partial charge on any atom is -0.481 e. The number of ether oxygens (including phenoxy) is 1. The van der Waals surface area contributed by atoms with Crippen molar-refractivity contribution in [2.24, 2.45) is 11.8 Å². The second-order valence-electron chi connectivity index (χ2n) is 8.73. The molecule has 1 aromatic carbocycles. The van der Waals surface area contributed by atoms with E-state index in [1.807, 2.05) is 11.8 Å². The molecule has 1 N–H and O–H groups in total. The van der Waals surface area contributed by atoms with Crippen molar-refractivity contribution >= 4 is 29.5 Å². The Kier molecular flexibility index (Phi) is 11.4. The van der Waals surface area contributed by atoms with Crippen molar-refractivity contribution in [1.29, 1.82) is 0 Å². The van der Waals surface area contributed by atoms with E-state index >= 15 is 0 Å². The smallest absolute Gasteiger partial charge is 0.303 e. The Bertz CT molecular complexity index is 664. The van der Waals surface area contributed by atoms with Gasteiger partial charge in [0.1, 0.15) is 0 Å². The van der Waals surface area contributed by atoms with Gasteiger partial charge in [-0.25, -0.2) is 0 Å². The van der Waals surface area contributed by atoms with Crippen molar-refractivity contribution in [2.45, 2.75) is 81.3 Å². The summed E-state index contributed by atoms with van der Waals surface area (Å²) in [6, 6.07) is 10.7. The van der Waals surface area contributed by atoms with E-state index < -0.39 is 5.97 Å². The topological polar surface area (TPSA) is 46.5 Å². The number of aliphatic carboxylic acids is 1. The summed E-state index contributed by atoms with van der Waals surface area (Å²) >= 11 is 4.08. The summed E-state index contributed by atoms with van der Waals surface area (Å²) in [4.78, 5) is 12.0. The average Bonchev–Trinajstić information content (AvgIpc) is 3.37. The number of hydrogen-bond donors (Lipinski definition) is 1. The van der Waals surface area contributed by atoms with E-state index in [4.69, 9.17) is 9.84 Å². The molecule has 0 radical (unpaired) electrons. The SMILES string of the molecule is O=C(O)CCC/C=C\C[C@@H]1[C@H](CCCCSCCCSc2ccccc2)[C@@H]2CC[C@H]1O2. The number of carboxylic acids is 1. The molecule has 2 aliphatic heterocycles. The molecule has 2 fully saturated rings. The van der Waals surface area contributed by atoms with Crippen LogP contribution in [0, 0.1) is 11.8 Å². The highest BCUT2D eigenvalue weighted by atomic mass is 32.2. The van der Waals surface area contributed by atoms with E-state index in [1.54, 1.807) is 0 Å². The van der Waals surface area contributed by atoms with Gasteiger partial charge in [-0.1, -0.05) is 36.8 Å². The first-order chi connectivity index (χ1) is 15.2. The normalized spacial score (nSPS) is 24.9. The summed E-state index contributed by atoms with van der Waals surface area (Å²) in [5.74, 6) is 4.48. The average molecular weight is 463 g/mol. The minimum atomic E-state index is -0.695. The standard InChI is InChI=1S/C26H38O3S2/c27-26(28)15-7-2-1-6-13-22-23(25-17-16-24(22)29-25)14-8-9-18-30-19-10-20-31-21-11-4-3-5-12-21/h1,3-6,11-12,22-25H,2,7-10,13-20H2,(H,27,28)/b6-1-/t22-,23+,24-,25+/m1/s1. The van der Waals surface area contributed by atoms with Gasteiger partial charge in [-0.2, -0.15) is 11.8 Å². The van der Waals surface area contributed by atoms with Gasteiger partial charge >= 0.3 is 5.97 Å². The summed E-state index contributed by atoms with van der Waals surface area (Å²) in [6.07, 6.45) is 16.1. The lowest BCUT2D eigenvalue weighted by atomic mass is 9.75. The second kappa shape index (κ2) is 14.3. The lowest BCUT2D eigenvalue weighted by Crippen LogP contribution is -2.26. The van der Waals surface area contributed by atoms with Gasteiger partial charge < -0.3 is 9.84 Å². The third-order valence-electron chi connectivity index (χ3n) is 6.45. The zero-order valence-corrected chi connectivity index (χ0v) is 20.3. The number of unbranched alkanes of at least 4 members (excludes halogenated alkanes) is 2. The van der Waals surface area contributed by atoms with E-state index in [2.05, 4.69) is 54.2 Å². The first-order valence-electron chi connectivity index (χ1n) is 12.0. The van der Waals surface area contributed by atoms with Crippen LogP contribution in [0.5, 0.6) is 0 Å². The van der Waals surface area contributed by atoms with Gasteiger partial charge in [0.05, 0.1) is 12.2 Å². The second-order valence-corrected chi connectivity index (χ2v) is 11.1. The highest BCUT2D eigenvalue weighted by molar-refractivity contribution is 8.00. The van der Waals surface area contributed by atoms with Gasteiger partial charge in [0.25, 0.3) is 0 Å². The molecule has 5 heteroatoms. The fourth-order valence-electron chi connectivity index (χ4n) is 4.89. The maximum Gasteiger partial charge on any atom is 0.303 e. The molecule has 2 bridgehead atoms. The first-order valence-corrected chi connectivity index (χ1v) is 14.2. The zero-order valence-electron chi connectivity index (χ0n) is 18.6. The number of carboxylic acid groups (broad SMARTS) is 1. The van der Waals surface area contributed by atoms with Gasteiger partial charge in [0, 0.05) is 11.3 Å². The van der Waals surface area contributed by atoms with Crippen molar-refractivity contribution < 1.29 is 14.6 Å². The predicted octanol–water partition coefficient (Wildman–Crippen LogP) is 7.07. The van der Waals surface area contributed by atoms with Crippen LogP contribution in [0.25, 0.3) is 0 Å². The van der Waals surface area contributed by atoms with Crippen molar-refractivity contribution in [1.82, 2.24) is 0 Å². The van der Waals surface area contributed by atoms with Gasteiger partial charge in [-0.05, 0) is 92.6 Å². The summed E-state index contributed by atoms with van der Waals surface area (Å²) in [7, 11) is 0. The Morgan fingerprint density at radius 3 is 2.55 bits per heavy atom. The highest BCUT2D eigenvalue weighted by Crippen LogP contribution is 2.47. The maximum absolute atomic E-state index is 10.6. The molecule has 4 atom stereocenters. The number of fused-ring (bicyclic) bond motifs is 2. The highest BCUT2D eigenvalue weighted by Gasteiger charge is 2.47. The Labute approximate surface area is 196 Å². The third-order valence-corrected chi connectivity index (χ3v) is 8.70. The summed E-state index contributed by atoms with van der Waals surface area (Å²) in [5, 5.41) is 8.72. The summed E-state index contributed by atoms with van der Waals surface area (Å²) in [5.41, 5.74) is 0. The molecule has 2 saturated heterocycles. The van der Waals surface area contributed by atoms with Crippen LogP contribution in [0.4, 0.5) is 0 Å². The number of allylic oxidation sites excluding steroid dienone is 2. The van der Waals surface area contributed by atoms with E-state index in [0.29, 0.717) is 18.1 Å². The van der Waals surface area contributed by atoms with Crippen LogP contribution in [-0.2, 0) is 9.53 Å². The Hall–Kier alpha value is -0.910. The number of benzene rings is 1. The molecule has 0 saturated carbocycles. The third kappa shape index (κ3) is 8.86. The molecule has 1 aromatic rings. The molecule has 3 rings (SSSR count). The van der Waals surface area contributed by atoms with Gasteiger partial charge in [0.15, 0.2) is 0 Å². The monoisotopic (exact) mass is 462 g/mol. The quantitative estimate of drug-likeness (QED) is 0.162. The van der Waals surface area contributed by atoms with Crippen molar-refractivity contribution in [3.8, 4) is 0 Å². The molecule has 31 heavy (non-hydrogen) atoms.